The van der Waals surface area contributed by atoms with Gasteiger partial charge in [-0.2, -0.15) is 0 Å². The largest absolute Gasteiger partial charge is 0.278 e. The first-order chi connectivity index (χ1) is 25.3. The predicted octanol–water partition coefficient (Wildman–Crippen LogP) is 11.5. The number of pyridine rings is 4. The monoisotopic (exact) mass is 649 g/mol. The van der Waals surface area contributed by atoms with Gasteiger partial charge in [-0.25, -0.2) is 15.0 Å². The lowest BCUT2D eigenvalue weighted by Gasteiger charge is -2.17. The van der Waals surface area contributed by atoms with Gasteiger partial charge in [-0.3, -0.25) is 9.55 Å². The summed E-state index contributed by atoms with van der Waals surface area (Å²) in [6.45, 7) is 0. The molecule has 0 aliphatic carbocycles. The zero-order valence-corrected chi connectivity index (χ0v) is 27.3. The Morgan fingerprint density at radius 1 is 0.412 bits per heavy atom. The number of rotatable bonds is 3. The van der Waals surface area contributed by atoms with Gasteiger partial charge in [0.05, 0.1) is 27.8 Å². The van der Waals surface area contributed by atoms with Crippen LogP contribution in [0.2, 0.25) is 0 Å². The van der Waals surface area contributed by atoms with E-state index in [0.29, 0.717) is 0 Å². The highest BCUT2D eigenvalue weighted by Gasteiger charge is 2.20. The summed E-state index contributed by atoms with van der Waals surface area (Å²) in [4.78, 5) is 20.0. The summed E-state index contributed by atoms with van der Waals surface area (Å²) >= 11 is 0. The van der Waals surface area contributed by atoms with E-state index in [0.717, 1.165) is 77.3 Å². The van der Waals surface area contributed by atoms with Crippen LogP contribution in [-0.4, -0.2) is 24.5 Å². The van der Waals surface area contributed by atoms with Gasteiger partial charge in [-0.1, -0.05) is 97.1 Å². The van der Waals surface area contributed by atoms with Gasteiger partial charge < -0.3 is 0 Å². The molecule has 0 aliphatic heterocycles. The minimum atomic E-state index is 0.815. The van der Waals surface area contributed by atoms with Crippen LogP contribution in [0.5, 0.6) is 0 Å². The average molecular weight is 650 g/mol. The second-order valence-electron chi connectivity index (χ2n) is 13.1. The highest BCUT2D eigenvalue weighted by atomic mass is 15.1. The Kier molecular flexibility index (Phi) is 5.89. The molecule has 0 saturated heterocycles. The molecule has 5 heteroatoms. The molecule has 0 fully saturated rings. The molecule has 11 rings (SSSR count). The molecule has 5 aromatic heterocycles. The van der Waals surface area contributed by atoms with Crippen LogP contribution in [0.3, 0.4) is 0 Å². The molecule has 0 radical (unpaired) electrons. The molecule has 0 saturated carbocycles. The molecule has 0 spiro atoms. The fourth-order valence-electron chi connectivity index (χ4n) is 7.99. The average Bonchev–Trinajstić information content (AvgIpc) is 3.53. The van der Waals surface area contributed by atoms with Crippen molar-refractivity contribution in [2.45, 2.75) is 0 Å². The van der Waals surface area contributed by atoms with E-state index in [1.54, 1.807) is 0 Å². The van der Waals surface area contributed by atoms with Crippen LogP contribution in [-0.2, 0) is 0 Å². The minimum Gasteiger partial charge on any atom is -0.278 e. The molecule has 0 amide bonds. The van der Waals surface area contributed by atoms with Crippen LogP contribution in [0.15, 0.2) is 164 Å². The van der Waals surface area contributed by atoms with Crippen LogP contribution in [0.4, 0.5) is 0 Å². The molecule has 236 valence electrons. The predicted molar refractivity (Wildman–Crippen MR) is 210 cm³/mol. The van der Waals surface area contributed by atoms with Gasteiger partial charge in [0.15, 0.2) is 0 Å². The molecule has 5 nitrogen and oxygen atoms in total. The van der Waals surface area contributed by atoms with E-state index in [4.69, 9.17) is 19.9 Å². The van der Waals surface area contributed by atoms with Gasteiger partial charge in [0.1, 0.15) is 11.5 Å². The van der Waals surface area contributed by atoms with Crippen LogP contribution < -0.4 is 0 Å². The highest BCUT2D eigenvalue weighted by molar-refractivity contribution is 6.22. The first kappa shape index (κ1) is 27.9. The lowest BCUT2D eigenvalue weighted by Crippen LogP contribution is -1.99. The quantitative estimate of drug-likeness (QED) is 0.141. The van der Waals surface area contributed by atoms with Crippen molar-refractivity contribution < 1.29 is 0 Å². The molecule has 11 aromatic rings. The highest BCUT2D eigenvalue weighted by Crippen LogP contribution is 2.44. The molecular formula is C46H27N5. The molecular weight excluding hydrogens is 623 g/mol. The first-order valence-electron chi connectivity index (χ1n) is 17.1. The third kappa shape index (κ3) is 4.15. The van der Waals surface area contributed by atoms with Crippen molar-refractivity contribution in [3.63, 3.8) is 0 Å². The van der Waals surface area contributed by atoms with Crippen molar-refractivity contribution >= 4 is 76.2 Å². The third-order valence-electron chi connectivity index (χ3n) is 10.2. The van der Waals surface area contributed by atoms with Crippen molar-refractivity contribution in [3.05, 3.63) is 164 Å². The van der Waals surface area contributed by atoms with E-state index >= 15 is 0 Å². The van der Waals surface area contributed by atoms with Crippen LogP contribution in [0.25, 0.3) is 104 Å². The van der Waals surface area contributed by atoms with Crippen molar-refractivity contribution in [3.8, 4) is 28.2 Å². The number of aromatic nitrogens is 5. The van der Waals surface area contributed by atoms with Gasteiger partial charge in [0.25, 0.3) is 0 Å². The van der Waals surface area contributed by atoms with Crippen LogP contribution >= 0.6 is 0 Å². The lowest BCUT2D eigenvalue weighted by molar-refractivity contribution is 1.07. The fourth-order valence-corrected chi connectivity index (χ4v) is 7.99. The van der Waals surface area contributed by atoms with E-state index in [9.17, 15) is 0 Å². The summed E-state index contributed by atoms with van der Waals surface area (Å²) in [6.07, 6.45) is 3.69. The second-order valence-corrected chi connectivity index (χ2v) is 13.1. The van der Waals surface area contributed by atoms with Gasteiger partial charge in [0.2, 0.25) is 0 Å². The molecule has 0 aliphatic rings. The Hall–Kier alpha value is -6.98. The molecule has 0 atom stereocenters. The molecule has 0 N–H and O–H groups in total. The number of para-hydroxylation sites is 1. The van der Waals surface area contributed by atoms with Crippen molar-refractivity contribution in [1.29, 1.82) is 0 Å². The van der Waals surface area contributed by atoms with E-state index in [-0.39, 0.29) is 0 Å². The van der Waals surface area contributed by atoms with Gasteiger partial charge >= 0.3 is 0 Å². The Bertz CT molecular complexity index is 3160. The second kappa shape index (κ2) is 10.8. The number of hydrogen-bond donors (Lipinski definition) is 0. The van der Waals surface area contributed by atoms with E-state index in [1.807, 2.05) is 24.5 Å². The number of benzene rings is 6. The van der Waals surface area contributed by atoms with Gasteiger partial charge in [-0.05, 0) is 87.3 Å². The molecule has 51 heavy (non-hydrogen) atoms. The zero-order valence-electron chi connectivity index (χ0n) is 27.3. The molecule has 0 bridgehead atoms. The maximum absolute atomic E-state index is 5.22. The molecule has 5 heterocycles. The maximum atomic E-state index is 5.22. The van der Waals surface area contributed by atoms with Crippen molar-refractivity contribution in [1.82, 2.24) is 24.5 Å². The fraction of sp³-hybridized carbons (Fsp3) is 0. The van der Waals surface area contributed by atoms with Crippen molar-refractivity contribution in [2.24, 2.45) is 0 Å². The Morgan fingerprint density at radius 3 is 1.86 bits per heavy atom. The van der Waals surface area contributed by atoms with Gasteiger partial charge in [-0.15, -0.1) is 0 Å². The summed E-state index contributed by atoms with van der Waals surface area (Å²) in [6, 6.07) is 53.6. The number of fused-ring (bicyclic) bond motifs is 9. The molecule has 6 aromatic carbocycles. The van der Waals surface area contributed by atoms with E-state index in [2.05, 4.69) is 144 Å². The Labute approximate surface area is 292 Å². The lowest BCUT2D eigenvalue weighted by atomic mass is 9.87. The summed E-state index contributed by atoms with van der Waals surface area (Å²) in [7, 11) is 0. The van der Waals surface area contributed by atoms with E-state index < -0.39 is 0 Å². The molecule has 0 unspecified atom stereocenters. The summed E-state index contributed by atoms with van der Waals surface area (Å²) < 4.78 is 2.18. The Balaban J connectivity index is 1.17. The number of hydrogen-bond acceptors (Lipinski definition) is 4. The SMILES string of the molecule is c1ccc2nc(-c3c4ccccc4c(-c4ccc5c(c4)c4cccnc4n5-c4ccc5ccc6cccnc6c5n4)c4ccccc34)ccc2c1. The summed E-state index contributed by atoms with van der Waals surface area (Å²) in [5.74, 6) is 0.815. The third-order valence-corrected chi connectivity index (χ3v) is 10.2. The topological polar surface area (TPSA) is 56.5 Å². The summed E-state index contributed by atoms with van der Waals surface area (Å²) in [5.41, 5.74) is 9.19. The van der Waals surface area contributed by atoms with Gasteiger partial charge in [0, 0.05) is 44.9 Å². The van der Waals surface area contributed by atoms with Crippen LogP contribution in [0.1, 0.15) is 0 Å². The van der Waals surface area contributed by atoms with E-state index in [1.165, 1.54) is 27.1 Å². The van der Waals surface area contributed by atoms with Crippen molar-refractivity contribution in [2.75, 3.05) is 0 Å². The normalized spacial score (nSPS) is 11.9. The standard InChI is InChI=1S/C46H27N5/c1-6-16-38-28(9-1)19-22-39(49-38)43-34-13-4-2-11-32(34)42(33-12-3-5-14-35(33)43)31-20-23-40-37(27-31)36-15-8-26-48-46(36)51(40)41-24-21-30-18-17-29-10-7-25-47-44(29)45(30)50-41/h1-27H. The minimum absolute atomic E-state index is 0.815. The Morgan fingerprint density at radius 2 is 1.04 bits per heavy atom. The first-order valence-corrected chi connectivity index (χ1v) is 17.1. The van der Waals surface area contributed by atoms with Crippen LogP contribution in [0, 0.1) is 0 Å². The zero-order chi connectivity index (χ0) is 33.5. The smallest absolute Gasteiger partial charge is 0.146 e. The summed E-state index contributed by atoms with van der Waals surface area (Å²) in [5, 5.41) is 10.2. The maximum Gasteiger partial charge on any atom is 0.146 e. The number of nitrogens with zero attached hydrogens (tertiary/aromatic N) is 5.